The molecule has 0 aliphatic carbocycles. The fraction of sp³-hybridized carbons (Fsp3) is 0.0455. The lowest BCUT2D eigenvalue weighted by Crippen LogP contribution is -2.19. The van der Waals surface area contributed by atoms with E-state index in [9.17, 15) is 9.59 Å². The number of amides is 2. The van der Waals surface area contributed by atoms with Gasteiger partial charge in [-0.3, -0.25) is 9.59 Å². The van der Waals surface area contributed by atoms with Crippen molar-refractivity contribution in [3.63, 3.8) is 0 Å². The zero-order valence-corrected chi connectivity index (χ0v) is 18.4. The predicted molar refractivity (Wildman–Crippen MR) is 126 cm³/mol. The van der Waals surface area contributed by atoms with Crippen molar-refractivity contribution < 1.29 is 14.0 Å². The highest BCUT2D eigenvalue weighted by Crippen LogP contribution is 2.34. The highest BCUT2D eigenvalue weighted by atomic mass is 35.5. The minimum Gasteiger partial charge on any atom is -0.457 e. The lowest BCUT2D eigenvalue weighted by atomic mass is 10.2. The van der Waals surface area contributed by atoms with Gasteiger partial charge in [0.05, 0.1) is 15.6 Å². The van der Waals surface area contributed by atoms with Gasteiger partial charge < -0.3 is 15.1 Å². The topological polar surface area (TPSA) is 83.7 Å². The van der Waals surface area contributed by atoms with Crippen molar-refractivity contribution in [2.45, 2.75) is 6.92 Å². The van der Waals surface area contributed by atoms with Gasteiger partial charge in [-0.05, 0) is 66.4 Å². The van der Waals surface area contributed by atoms with Crippen LogP contribution in [0, 0.1) is 0 Å². The lowest BCUT2D eigenvalue weighted by Gasteiger charge is -2.02. The van der Waals surface area contributed by atoms with Crippen molar-refractivity contribution in [2.24, 2.45) is 4.99 Å². The molecule has 2 amide bonds. The molecule has 1 aliphatic rings. The number of amidine groups is 1. The predicted octanol–water partition coefficient (Wildman–Crippen LogP) is 6.10. The van der Waals surface area contributed by atoms with E-state index in [1.54, 1.807) is 60.7 Å². The Morgan fingerprint density at radius 3 is 2.65 bits per heavy atom. The number of carbonyl (C=O) groups excluding carboxylic acids is 2. The molecule has 1 aromatic heterocycles. The third-order valence-corrected chi connectivity index (χ3v) is 5.64. The van der Waals surface area contributed by atoms with E-state index in [1.165, 1.54) is 18.7 Å². The Kier molecular flexibility index (Phi) is 6.18. The van der Waals surface area contributed by atoms with E-state index >= 15 is 0 Å². The van der Waals surface area contributed by atoms with Gasteiger partial charge in [0.15, 0.2) is 5.17 Å². The molecule has 2 heterocycles. The fourth-order valence-corrected chi connectivity index (χ4v) is 4.02. The zero-order valence-electron chi connectivity index (χ0n) is 16.1. The van der Waals surface area contributed by atoms with Crippen molar-refractivity contribution in [3.8, 4) is 11.3 Å². The van der Waals surface area contributed by atoms with Crippen LogP contribution in [0.4, 0.5) is 11.4 Å². The van der Waals surface area contributed by atoms with E-state index in [0.717, 1.165) is 0 Å². The molecule has 2 aromatic carbocycles. The van der Waals surface area contributed by atoms with Gasteiger partial charge in [-0.25, -0.2) is 4.99 Å². The molecule has 0 radical (unpaired) electrons. The number of hydrogen-bond donors (Lipinski definition) is 2. The third kappa shape index (κ3) is 5.19. The average Bonchev–Trinajstić information content (AvgIpc) is 3.32. The SMILES string of the molecule is CC(=O)Nc1ccc(N=C2NC(=O)C(=Cc3ccc(-c4cc(Cl)ccc4Cl)o3)S2)cc1. The molecule has 1 aliphatic heterocycles. The molecule has 9 heteroatoms. The van der Waals surface area contributed by atoms with Crippen LogP contribution in [0.25, 0.3) is 17.4 Å². The molecule has 6 nitrogen and oxygen atoms in total. The summed E-state index contributed by atoms with van der Waals surface area (Å²) in [7, 11) is 0. The molecule has 3 aromatic rings. The molecule has 0 saturated carbocycles. The number of halogens is 2. The molecular formula is C22H15Cl2N3O3S. The van der Waals surface area contributed by atoms with Gasteiger partial charge in [0.1, 0.15) is 11.5 Å². The molecule has 0 spiro atoms. The van der Waals surface area contributed by atoms with Gasteiger partial charge in [0.25, 0.3) is 5.91 Å². The quantitative estimate of drug-likeness (QED) is 0.450. The number of benzene rings is 2. The van der Waals surface area contributed by atoms with Gasteiger partial charge in [-0.2, -0.15) is 0 Å². The number of rotatable bonds is 4. The summed E-state index contributed by atoms with van der Waals surface area (Å²) in [5.74, 6) is 0.643. The summed E-state index contributed by atoms with van der Waals surface area (Å²) in [5, 5.41) is 6.94. The van der Waals surface area contributed by atoms with E-state index in [-0.39, 0.29) is 11.8 Å². The van der Waals surface area contributed by atoms with Crippen LogP contribution < -0.4 is 10.6 Å². The molecular weight excluding hydrogens is 457 g/mol. The van der Waals surface area contributed by atoms with Gasteiger partial charge in [0.2, 0.25) is 5.91 Å². The monoisotopic (exact) mass is 471 g/mol. The van der Waals surface area contributed by atoms with Crippen LogP contribution in [0.1, 0.15) is 12.7 Å². The standard InChI is InChI=1S/C22H15Cl2N3O3S/c1-12(28)25-14-3-5-15(6-4-14)26-22-27-21(29)20(31-22)11-16-7-9-19(30-16)17-10-13(23)2-8-18(17)24/h2-11H,1H3,(H,25,28)(H,26,27,29). The van der Waals surface area contributed by atoms with Crippen molar-refractivity contribution >= 4 is 69.4 Å². The Bertz CT molecular complexity index is 1230. The number of furan rings is 1. The fourth-order valence-electron chi connectivity index (χ4n) is 2.81. The number of anilines is 1. The molecule has 1 saturated heterocycles. The molecule has 4 rings (SSSR count). The first-order valence-electron chi connectivity index (χ1n) is 9.10. The van der Waals surface area contributed by atoms with Crippen LogP contribution in [0.15, 0.2) is 68.9 Å². The first kappa shape index (κ1) is 21.2. The Hall–Kier alpha value is -3.00. The number of thioether (sulfide) groups is 1. The summed E-state index contributed by atoms with van der Waals surface area (Å²) in [6.45, 7) is 1.44. The van der Waals surface area contributed by atoms with Crippen LogP contribution >= 0.6 is 35.0 Å². The molecule has 31 heavy (non-hydrogen) atoms. The summed E-state index contributed by atoms with van der Waals surface area (Å²) >= 11 is 13.5. The van der Waals surface area contributed by atoms with Crippen molar-refractivity contribution in [1.82, 2.24) is 5.32 Å². The summed E-state index contributed by atoms with van der Waals surface area (Å²) in [5.41, 5.74) is 2.00. The Morgan fingerprint density at radius 1 is 1.13 bits per heavy atom. The van der Waals surface area contributed by atoms with Crippen molar-refractivity contribution in [1.29, 1.82) is 0 Å². The summed E-state index contributed by atoms with van der Waals surface area (Å²) in [4.78, 5) is 28.3. The summed E-state index contributed by atoms with van der Waals surface area (Å²) in [6, 6.07) is 15.6. The Morgan fingerprint density at radius 2 is 1.90 bits per heavy atom. The normalized spacial score (nSPS) is 16.0. The number of nitrogens with zero attached hydrogens (tertiary/aromatic N) is 1. The van der Waals surface area contributed by atoms with Gasteiger partial charge in [-0.1, -0.05) is 23.2 Å². The van der Waals surface area contributed by atoms with Crippen molar-refractivity contribution in [2.75, 3.05) is 5.32 Å². The lowest BCUT2D eigenvalue weighted by molar-refractivity contribution is -0.115. The molecule has 1 fully saturated rings. The Balaban J connectivity index is 1.51. The number of aliphatic imine (C=N–C) groups is 1. The van der Waals surface area contributed by atoms with E-state index in [0.29, 0.717) is 48.6 Å². The summed E-state index contributed by atoms with van der Waals surface area (Å²) < 4.78 is 5.83. The minimum absolute atomic E-state index is 0.147. The highest BCUT2D eigenvalue weighted by Gasteiger charge is 2.24. The number of nitrogens with one attached hydrogen (secondary N) is 2. The largest absolute Gasteiger partial charge is 0.457 e. The van der Waals surface area contributed by atoms with Crippen molar-refractivity contribution in [3.05, 3.63) is 75.3 Å². The summed E-state index contributed by atoms with van der Waals surface area (Å²) in [6.07, 6.45) is 1.64. The maximum Gasteiger partial charge on any atom is 0.264 e. The average molecular weight is 472 g/mol. The first-order valence-corrected chi connectivity index (χ1v) is 10.7. The molecule has 156 valence electrons. The third-order valence-electron chi connectivity index (χ3n) is 4.16. The second-order valence-corrected chi connectivity index (χ2v) is 8.41. The van der Waals surface area contributed by atoms with Crippen LogP contribution in [0.3, 0.4) is 0 Å². The Labute approximate surface area is 192 Å². The molecule has 0 unspecified atom stereocenters. The van der Waals surface area contributed by atoms with Crippen LogP contribution in [-0.4, -0.2) is 17.0 Å². The first-order chi connectivity index (χ1) is 14.9. The maximum atomic E-state index is 12.3. The highest BCUT2D eigenvalue weighted by molar-refractivity contribution is 8.18. The smallest absolute Gasteiger partial charge is 0.264 e. The van der Waals surface area contributed by atoms with Gasteiger partial charge in [0, 0.05) is 29.3 Å². The second-order valence-electron chi connectivity index (χ2n) is 6.54. The number of hydrogen-bond acceptors (Lipinski definition) is 5. The van der Waals surface area contributed by atoms with Crippen LogP contribution in [-0.2, 0) is 9.59 Å². The molecule has 0 bridgehead atoms. The van der Waals surface area contributed by atoms with Gasteiger partial charge in [-0.15, -0.1) is 0 Å². The van der Waals surface area contributed by atoms with E-state index in [4.69, 9.17) is 27.6 Å². The number of carbonyl (C=O) groups is 2. The van der Waals surface area contributed by atoms with Crippen LogP contribution in [0.2, 0.25) is 10.0 Å². The molecule has 0 atom stereocenters. The van der Waals surface area contributed by atoms with E-state index < -0.39 is 0 Å². The second kappa shape index (κ2) is 9.01. The maximum absolute atomic E-state index is 12.3. The zero-order chi connectivity index (χ0) is 22.0. The van der Waals surface area contributed by atoms with E-state index in [2.05, 4.69) is 15.6 Å². The minimum atomic E-state index is -0.266. The van der Waals surface area contributed by atoms with Gasteiger partial charge >= 0.3 is 0 Å². The van der Waals surface area contributed by atoms with E-state index in [1.807, 2.05) is 0 Å². The molecule has 2 N–H and O–H groups in total. The van der Waals surface area contributed by atoms with Crippen LogP contribution in [0.5, 0.6) is 0 Å².